The maximum Gasteiger partial charge on any atom is 0.191 e. The number of nitrogens with two attached hydrogens (primary N) is 2. The standard InChI is InChI=1S/C22H38N6/c1-18-8-10-19(11-9-18)16-28-17-20(15-26-22(28)24)7-5-3-2-4-6-13-27-14-12-25-21(27)23/h18-20H,2-4,6,8-17H2,1H3,(H2,23,25)(H2,24,26). The largest absolute Gasteiger partial charge is 0.370 e. The maximum atomic E-state index is 6.16. The summed E-state index contributed by atoms with van der Waals surface area (Å²) in [5, 5.41) is 0. The van der Waals surface area contributed by atoms with Gasteiger partial charge in [0.25, 0.3) is 0 Å². The van der Waals surface area contributed by atoms with Crippen LogP contribution in [-0.2, 0) is 0 Å². The third-order valence-corrected chi connectivity index (χ3v) is 6.36. The second kappa shape index (κ2) is 10.6. The molecule has 2 aliphatic heterocycles. The Labute approximate surface area is 170 Å². The summed E-state index contributed by atoms with van der Waals surface area (Å²) >= 11 is 0. The molecule has 1 saturated carbocycles. The van der Waals surface area contributed by atoms with Gasteiger partial charge in [0.2, 0.25) is 0 Å². The van der Waals surface area contributed by atoms with Gasteiger partial charge in [0.15, 0.2) is 11.9 Å². The van der Waals surface area contributed by atoms with Crippen molar-refractivity contribution in [3.63, 3.8) is 0 Å². The lowest BCUT2D eigenvalue weighted by Crippen LogP contribution is -2.47. The first kappa shape index (κ1) is 20.8. The highest BCUT2D eigenvalue weighted by Crippen LogP contribution is 2.29. The average molecular weight is 387 g/mol. The molecule has 1 atom stereocenters. The first-order valence-electron chi connectivity index (χ1n) is 11.2. The van der Waals surface area contributed by atoms with E-state index in [1.165, 1.54) is 32.1 Å². The van der Waals surface area contributed by atoms with Gasteiger partial charge in [-0.2, -0.15) is 0 Å². The molecule has 0 bridgehead atoms. The van der Waals surface area contributed by atoms with E-state index in [1.807, 2.05) is 0 Å². The molecule has 28 heavy (non-hydrogen) atoms. The molecule has 2 heterocycles. The van der Waals surface area contributed by atoms with E-state index in [-0.39, 0.29) is 0 Å². The van der Waals surface area contributed by atoms with Gasteiger partial charge >= 0.3 is 0 Å². The van der Waals surface area contributed by atoms with Gasteiger partial charge in [0.1, 0.15) is 0 Å². The Hall–Kier alpha value is -1.90. The molecule has 0 aromatic carbocycles. The molecule has 1 aliphatic carbocycles. The topological polar surface area (TPSA) is 83.2 Å². The fourth-order valence-electron chi connectivity index (χ4n) is 4.44. The highest BCUT2D eigenvalue weighted by molar-refractivity contribution is 5.79. The number of guanidine groups is 2. The van der Waals surface area contributed by atoms with Crippen LogP contribution in [-0.4, -0.2) is 61.0 Å². The molecule has 1 fully saturated rings. The van der Waals surface area contributed by atoms with Crippen LogP contribution in [0.15, 0.2) is 9.98 Å². The number of rotatable bonds is 7. The molecular formula is C22H38N6. The van der Waals surface area contributed by atoms with Crippen LogP contribution in [0.5, 0.6) is 0 Å². The minimum absolute atomic E-state index is 0.329. The molecule has 0 aromatic rings. The summed E-state index contributed by atoms with van der Waals surface area (Å²) in [6.07, 6.45) is 9.86. The molecular weight excluding hydrogens is 348 g/mol. The van der Waals surface area contributed by atoms with Crippen molar-refractivity contribution < 1.29 is 0 Å². The summed E-state index contributed by atoms with van der Waals surface area (Å²) in [6.45, 7) is 7.98. The smallest absolute Gasteiger partial charge is 0.191 e. The highest BCUT2D eigenvalue weighted by Gasteiger charge is 2.25. The number of unbranched alkanes of at least 4 members (excludes halogenated alkanes) is 3. The minimum atomic E-state index is 0.329. The minimum Gasteiger partial charge on any atom is -0.370 e. The van der Waals surface area contributed by atoms with Crippen LogP contribution in [0.4, 0.5) is 0 Å². The summed E-state index contributed by atoms with van der Waals surface area (Å²) in [7, 11) is 0. The van der Waals surface area contributed by atoms with Gasteiger partial charge in [-0.05, 0) is 37.5 Å². The van der Waals surface area contributed by atoms with E-state index in [2.05, 4.69) is 38.5 Å². The van der Waals surface area contributed by atoms with E-state index in [9.17, 15) is 0 Å². The van der Waals surface area contributed by atoms with Crippen LogP contribution >= 0.6 is 0 Å². The Kier molecular flexibility index (Phi) is 7.88. The Bertz CT molecular complexity index is 608. The Morgan fingerprint density at radius 3 is 2.54 bits per heavy atom. The fraction of sp³-hybridized carbons (Fsp3) is 0.818. The summed E-state index contributed by atoms with van der Waals surface area (Å²) in [5.74, 6) is 10.3. The van der Waals surface area contributed by atoms with Gasteiger partial charge in [-0.1, -0.05) is 32.1 Å². The normalized spacial score (nSPS) is 27.8. The predicted octanol–water partition coefficient (Wildman–Crippen LogP) is 2.25. The van der Waals surface area contributed by atoms with E-state index >= 15 is 0 Å². The quantitative estimate of drug-likeness (QED) is 0.519. The number of hydrogen-bond acceptors (Lipinski definition) is 6. The van der Waals surface area contributed by atoms with Crippen molar-refractivity contribution in [2.75, 3.05) is 39.3 Å². The van der Waals surface area contributed by atoms with Crippen molar-refractivity contribution in [1.29, 1.82) is 0 Å². The van der Waals surface area contributed by atoms with Crippen LogP contribution in [0.1, 0.15) is 58.3 Å². The molecule has 6 heteroatoms. The fourth-order valence-corrected chi connectivity index (χ4v) is 4.44. The predicted molar refractivity (Wildman–Crippen MR) is 117 cm³/mol. The molecule has 0 spiro atoms. The van der Waals surface area contributed by atoms with Gasteiger partial charge in [0.05, 0.1) is 19.0 Å². The zero-order valence-corrected chi connectivity index (χ0v) is 17.6. The van der Waals surface area contributed by atoms with Crippen molar-refractivity contribution in [2.45, 2.75) is 58.3 Å². The Morgan fingerprint density at radius 2 is 1.79 bits per heavy atom. The van der Waals surface area contributed by atoms with E-state index in [0.717, 1.165) is 76.3 Å². The van der Waals surface area contributed by atoms with Gasteiger partial charge < -0.3 is 21.3 Å². The summed E-state index contributed by atoms with van der Waals surface area (Å²) in [4.78, 5) is 13.2. The summed E-state index contributed by atoms with van der Waals surface area (Å²) < 4.78 is 0. The highest BCUT2D eigenvalue weighted by atomic mass is 15.3. The third kappa shape index (κ3) is 6.32. The molecule has 3 aliphatic rings. The zero-order chi connectivity index (χ0) is 19.8. The lowest BCUT2D eigenvalue weighted by molar-refractivity contribution is 0.225. The number of aliphatic imine (C=N–C) groups is 2. The molecule has 6 nitrogen and oxygen atoms in total. The Balaban J connectivity index is 1.32. The van der Waals surface area contributed by atoms with E-state index < -0.39 is 0 Å². The second-order valence-electron chi connectivity index (χ2n) is 8.79. The molecule has 3 rings (SSSR count). The third-order valence-electron chi connectivity index (χ3n) is 6.36. The van der Waals surface area contributed by atoms with Gasteiger partial charge in [-0.3, -0.25) is 9.98 Å². The number of hydrogen-bond donors (Lipinski definition) is 2. The van der Waals surface area contributed by atoms with Crippen molar-refractivity contribution in [3.8, 4) is 11.8 Å². The van der Waals surface area contributed by atoms with E-state index in [4.69, 9.17) is 11.5 Å². The van der Waals surface area contributed by atoms with Gasteiger partial charge in [-0.25, -0.2) is 0 Å². The first-order chi connectivity index (χ1) is 13.6. The van der Waals surface area contributed by atoms with Crippen molar-refractivity contribution in [3.05, 3.63) is 0 Å². The van der Waals surface area contributed by atoms with Crippen LogP contribution in [0.25, 0.3) is 0 Å². The average Bonchev–Trinajstić information content (AvgIpc) is 3.10. The molecule has 4 N–H and O–H groups in total. The molecule has 0 amide bonds. The van der Waals surface area contributed by atoms with E-state index in [0.29, 0.717) is 11.9 Å². The van der Waals surface area contributed by atoms with Crippen molar-refractivity contribution >= 4 is 11.9 Å². The monoisotopic (exact) mass is 386 g/mol. The molecule has 0 radical (unpaired) electrons. The lowest BCUT2D eigenvalue weighted by atomic mass is 9.82. The van der Waals surface area contributed by atoms with Crippen molar-refractivity contribution in [1.82, 2.24) is 9.80 Å². The second-order valence-corrected chi connectivity index (χ2v) is 8.79. The lowest BCUT2D eigenvalue weighted by Gasteiger charge is -2.35. The summed E-state index contributed by atoms with van der Waals surface area (Å²) in [6, 6.07) is 0. The molecule has 1 unspecified atom stereocenters. The van der Waals surface area contributed by atoms with Crippen molar-refractivity contribution in [2.24, 2.45) is 39.2 Å². The van der Waals surface area contributed by atoms with Crippen LogP contribution < -0.4 is 11.5 Å². The molecule has 0 saturated heterocycles. The van der Waals surface area contributed by atoms with Crippen LogP contribution in [0.2, 0.25) is 0 Å². The molecule has 156 valence electrons. The van der Waals surface area contributed by atoms with E-state index in [1.54, 1.807) is 0 Å². The van der Waals surface area contributed by atoms with Crippen LogP contribution in [0, 0.1) is 29.6 Å². The zero-order valence-electron chi connectivity index (χ0n) is 17.6. The van der Waals surface area contributed by atoms with Crippen LogP contribution in [0.3, 0.4) is 0 Å². The van der Waals surface area contributed by atoms with Gasteiger partial charge in [-0.15, -0.1) is 5.92 Å². The SMILES string of the molecule is CC1CCC(CN2CC(C#CCCCCCN3CCN=C3N)CN=C2N)CC1. The molecule has 0 aromatic heterocycles. The number of nitrogens with zero attached hydrogens (tertiary/aromatic N) is 4. The Morgan fingerprint density at radius 1 is 1.00 bits per heavy atom. The first-order valence-corrected chi connectivity index (χ1v) is 11.2. The van der Waals surface area contributed by atoms with Gasteiger partial charge in [0, 0.05) is 32.6 Å². The summed E-state index contributed by atoms with van der Waals surface area (Å²) in [5.41, 5.74) is 12.0. The maximum absolute atomic E-state index is 6.16.